The van der Waals surface area contributed by atoms with Gasteiger partial charge in [0.25, 0.3) is 10.0 Å². The third-order valence-electron chi connectivity index (χ3n) is 4.42. The van der Waals surface area contributed by atoms with Crippen molar-refractivity contribution in [3.8, 4) is 0 Å². The Morgan fingerprint density at radius 1 is 1.12 bits per heavy atom. The van der Waals surface area contributed by atoms with Crippen molar-refractivity contribution in [2.75, 3.05) is 4.72 Å². The molecule has 0 spiro atoms. The van der Waals surface area contributed by atoms with Gasteiger partial charge in [-0.1, -0.05) is 51.8 Å². The summed E-state index contributed by atoms with van der Waals surface area (Å²) in [7, 11) is -3.67. The van der Waals surface area contributed by atoms with E-state index in [1.807, 2.05) is 43.7 Å². The molecule has 3 rings (SSSR count). The normalized spacial score (nSPS) is 16.5. The second-order valence-corrected chi connectivity index (χ2v) is 9.13. The highest BCUT2D eigenvalue weighted by atomic mass is 32.2. The number of rotatable bonds is 4. The molecule has 1 fully saturated rings. The van der Waals surface area contributed by atoms with Crippen LogP contribution < -0.4 is 4.72 Å². The lowest BCUT2D eigenvalue weighted by atomic mass is 9.92. The molecule has 1 aromatic heterocycles. The van der Waals surface area contributed by atoms with E-state index in [0.717, 1.165) is 12.8 Å². The maximum atomic E-state index is 12.9. The number of nitrogens with zero attached hydrogens (tertiary/aromatic N) is 2. The molecular formula is C18H25N3O2S. The summed E-state index contributed by atoms with van der Waals surface area (Å²) in [4.78, 5) is 0.283. The van der Waals surface area contributed by atoms with Gasteiger partial charge >= 0.3 is 0 Å². The molecule has 0 atom stereocenters. The molecule has 0 amide bonds. The first kappa shape index (κ1) is 17.0. The second-order valence-electron chi connectivity index (χ2n) is 7.48. The Morgan fingerprint density at radius 3 is 2.33 bits per heavy atom. The minimum atomic E-state index is -3.67. The highest BCUT2D eigenvalue weighted by molar-refractivity contribution is 7.92. The summed E-state index contributed by atoms with van der Waals surface area (Å²) < 4.78 is 30.4. The van der Waals surface area contributed by atoms with Gasteiger partial charge in [-0.25, -0.2) is 8.42 Å². The second kappa shape index (κ2) is 6.24. The Morgan fingerprint density at radius 2 is 1.75 bits per heavy atom. The van der Waals surface area contributed by atoms with E-state index in [-0.39, 0.29) is 10.3 Å². The van der Waals surface area contributed by atoms with Crippen LogP contribution in [0.4, 0.5) is 5.69 Å². The van der Waals surface area contributed by atoms with Crippen molar-refractivity contribution >= 4 is 15.7 Å². The van der Waals surface area contributed by atoms with Crippen molar-refractivity contribution < 1.29 is 8.42 Å². The van der Waals surface area contributed by atoms with E-state index >= 15 is 0 Å². The molecular weight excluding hydrogens is 322 g/mol. The summed E-state index contributed by atoms with van der Waals surface area (Å²) in [5.41, 5.74) is 0.841. The monoisotopic (exact) mass is 347 g/mol. The third kappa shape index (κ3) is 3.48. The highest BCUT2D eigenvalue weighted by Gasteiger charge is 2.31. The first-order valence-electron chi connectivity index (χ1n) is 8.45. The Hall–Kier alpha value is -1.82. The molecule has 1 aliphatic carbocycles. The molecule has 0 saturated heterocycles. The Labute approximate surface area is 144 Å². The lowest BCUT2D eigenvalue weighted by Crippen LogP contribution is -2.20. The Kier molecular flexibility index (Phi) is 4.42. The smallest absolute Gasteiger partial charge is 0.265 e. The van der Waals surface area contributed by atoms with Gasteiger partial charge in [0.2, 0.25) is 0 Å². The van der Waals surface area contributed by atoms with Crippen LogP contribution in [-0.4, -0.2) is 18.2 Å². The van der Waals surface area contributed by atoms with Crippen LogP contribution in [0, 0.1) is 0 Å². The van der Waals surface area contributed by atoms with E-state index in [2.05, 4.69) is 9.82 Å². The maximum absolute atomic E-state index is 12.9. The third-order valence-corrected chi connectivity index (χ3v) is 5.81. The topological polar surface area (TPSA) is 64.0 Å². The first-order valence-corrected chi connectivity index (χ1v) is 9.93. The number of para-hydroxylation sites is 1. The van der Waals surface area contributed by atoms with E-state index in [9.17, 15) is 8.42 Å². The number of nitrogens with one attached hydrogen (secondary N) is 1. The van der Waals surface area contributed by atoms with Crippen LogP contribution in [0.3, 0.4) is 0 Å². The lowest BCUT2D eigenvalue weighted by molar-refractivity contribution is 0.448. The Balaban J connectivity index is 2.01. The van der Waals surface area contributed by atoms with Crippen molar-refractivity contribution in [2.24, 2.45) is 0 Å². The van der Waals surface area contributed by atoms with Crippen LogP contribution in [0.5, 0.6) is 0 Å². The van der Waals surface area contributed by atoms with Crippen LogP contribution in [-0.2, 0) is 15.4 Å². The van der Waals surface area contributed by atoms with Gasteiger partial charge in [0.15, 0.2) is 0 Å². The summed E-state index contributed by atoms with van der Waals surface area (Å²) in [5.74, 6) is 0. The average Bonchev–Trinajstić information content (AvgIpc) is 3.17. The molecule has 1 saturated carbocycles. The van der Waals surface area contributed by atoms with Gasteiger partial charge in [-0.3, -0.25) is 9.40 Å². The van der Waals surface area contributed by atoms with Crippen LogP contribution in [0.2, 0.25) is 0 Å². The van der Waals surface area contributed by atoms with Gasteiger partial charge in [-0.2, -0.15) is 5.10 Å². The summed E-state index contributed by atoms with van der Waals surface area (Å²) in [6.45, 7) is 5.99. The molecule has 5 nitrogen and oxygen atoms in total. The largest absolute Gasteiger partial charge is 0.280 e. The van der Waals surface area contributed by atoms with Gasteiger partial charge in [0, 0.05) is 17.3 Å². The molecule has 1 aromatic carbocycles. The van der Waals surface area contributed by atoms with Crippen molar-refractivity contribution in [2.45, 2.75) is 62.8 Å². The predicted molar refractivity (Wildman–Crippen MR) is 95.7 cm³/mol. The standard InChI is InChI=1S/C18H25N3O2S/c1-18(2,3)17-16(13-21(19-17)15-11-7-8-12-15)24(22,23)20-14-9-5-4-6-10-14/h4-6,9-10,13,15,20H,7-8,11-12H2,1-3H3. The number of hydrogen-bond acceptors (Lipinski definition) is 3. The average molecular weight is 347 g/mol. The zero-order chi connectivity index (χ0) is 17.4. The van der Waals surface area contributed by atoms with E-state index in [0.29, 0.717) is 17.4 Å². The van der Waals surface area contributed by atoms with E-state index in [1.54, 1.807) is 18.3 Å². The van der Waals surface area contributed by atoms with Gasteiger partial charge in [0.1, 0.15) is 4.90 Å². The summed E-state index contributed by atoms with van der Waals surface area (Å²) >= 11 is 0. The number of aromatic nitrogens is 2. The maximum Gasteiger partial charge on any atom is 0.265 e. The predicted octanol–water partition coefficient (Wildman–Crippen LogP) is 4.10. The minimum absolute atomic E-state index is 0.283. The zero-order valence-corrected chi connectivity index (χ0v) is 15.3. The highest BCUT2D eigenvalue weighted by Crippen LogP contribution is 2.34. The van der Waals surface area contributed by atoms with Crippen LogP contribution in [0.1, 0.15) is 58.2 Å². The fourth-order valence-electron chi connectivity index (χ4n) is 3.16. The van der Waals surface area contributed by atoms with Crippen molar-refractivity contribution in [3.05, 3.63) is 42.2 Å². The SMILES string of the molecule is CC(C)(C)c1nn(C2CCCC2)cc1S(=O)(=O)Nc1ccccc1. The van der Waals surface area contributed by atoms with Crippen molar-refractivity contribution in [3.63, 3.8) is 0 Å². The van der Waals surface area contributed by atoms with Gasteiger partial charge in [0.05, 0.1) is 11.7 Å². The number of benzene rings is 1. The number of anilines is 1. The molecule has 1 aliphatic rings. The van der Waals surface area contributed by atoms with Gasteiger partial charge < -0.3 is 0 Å². The molecule has 6 heteroatoms. The quantitative estimate of drug-likeness (QED) is 0.906. The lowest BCUT2D eigenvalue weighted by Gasteiger charge is -2.18. The van der Waals surface area contributed by atoms with Crippen molar-refractivity contribution in [1.29, 1.82) is 0 Å². The zero-order valence-electron chi connectivity index (χ0n) is 14.5. The van der Waals surface area contributed by atoms with Gasteiger partial charge in [-0.05, 0) is 25.0 Å². The van der Waals surface area contributed by atoms with Crippen LogP contribution in [0.25, 0.3) is 0 Å². The van der Waals surface area contributed by atoms with Gasteiger partial charge in [-0.15, -0.1) is 0 Å². The molecule has 0 unspecified atom stereocenters. The molecule has 0 aliphatic heterocycles. The molecule has 0 bridgehead atoms. The number of sulfonamides is 1. The molecule has 24 heavy (non-hydrogen) atoms. The molecule has 2 aromatic rings. The molecule has 1 N–H and O–H groups in total. The van der Waals surface area contributed by atoms with Crippen molar-refractivity contribution in [1.82, 2.24) is 9.78 Å². The molecule has 1 heterocycles. The summed E-state index contributed by atoms with van der Waals surface area (Å²) in [6, 6.07) is 9.28. The fraction of sp³-hybridized carbons (Fsp3) is 0.500. The first-order chi connectivity index (χ1) is 11.3. The molecule has 0 radical (unpaired) electrons. The van der Waals surface area contributed by atoms with E-state index < -0.39 is 10.0 Å². The summed E-state index contributed by atoms with van der Waals surface area (Å²) in [5, 5.41) is 4.67. The van der Waals surface area contributed by atoms with Crippen LogP contribution >= 0.6 is 0 Å². The van der Waals surface area contributed by atoms with Crippen LogP contribution in [0.15, 0.2) is 41.4 Å². The summed E-state index contributed by atoms with van der Waals surface area (Å²) in [6.07, 6.45) is 6.20. The molecule has 130 valence electrons. The van der Waals surface area contributed by atoms with E-state index in [1.165, 1.54) is 12.8 Å². The Bertz CT molecular complexity index is 799. The van der Waals surface area contributed by atoms with E-state index in [4.69, 9.17) is 0 Å². The fourth-order valence-corrected chi connectivity index (χ4v) is 4.57. The number of hydrogen-bond donors (Lipinski definition) is 1. The minimum Gasteiger partial charge on any atom is -0.280 e.